The number of hydrogen-bond donors (Lipinski definition) is 2. The van der Waals surface area contributed by atoms with Gasteiger partial charge in [0.05, 0.1) is 0 Å². The average molecular weight is 230 g/mol. The fraction of sp³-hybridized carbons (Fsp3) is 0.364. The lowest BCUT2D eigenvalue weighted by molar-refractivity contribution is 1.11. The Balaban J connectivity index is 0. The summed E-state index contributed by atoms with van der Waals surface area (Å²) in [6, 6.07) is 8.45. The Morgan fingerprint density at radius 1 is 1.20 bits per heavy atom. The first-order valence-electron chi connectivity index (χ1n) is 4.65. The van der Waals surface area contributed by atoms with E-state index >= 15 is 0 Å². The van der Waals surface area contributed by atoms with Crippen molar-refractivity contribution < 1.29 is 0 Å². The van der Waals surface area contributed by atoms with Gasteiger partial charge in [0, 0.05) is 6.54 Å². The normalized spacial score (nSPS) is 7.93. The van der Waals surface area contributed by atoms with Crippen LogP contribution in [0.3, 0.4) is 0 Å². The van der Waals surface area contributed by atoms with Crippen molar-refractivity contribution in [2.45, 2.75) is 20.8 Å². The molecule has 0 aliphatic heterocycles. The van der Waals surface area contributed by atoms with Gasteiger partial charge in [-0.15, -0.1) is 12.4 Å². The number of aryl methyl sites for hydroxylation is 2. The molecule has 0 saturated heterocycles. The summed E-state index contributed by atoms with van der Waals surface area (Å²) in [5.74, 6) is 0.164. The summed E-state index contributed by atoms with van der Waals surface area (Å²) in [7, 11) is 0. The van der Waals surface area contributed by atoms with E-state index in [2.05, 4.69) is 43.1 Å². The molecule has 0 atom stereocenters. The van der Waals surface area contributed by atoms with Crippen LogP contribution in [0.5, 0.6) is 0 Å². The molecule has 0 radical (unpaired) electrons. The van der Waals surface area contributed by atoms with Gasteiger partial charge in [-0.1, -0.05) is 35.4 Å². The largest absolute Gasteiger partial charge is 0.370 e. The maximum absolute atomic E-state index is 4.93. The third-order valence-electron chi connectivity index (χ3n) is 1.51. The van der Waals surface area contributed by atoms with Crippen LogP contribution in [0.1, 0.15) is 18.1 Å². The molecule has 4 N–H and O–H groups in total. The zero-order valence-corrected chi connectivity index (χ0v) is 10.3. The van der Waals surface area contributed by atoms with E-state index in [1.165, 1.54) is 11.1 Å². The van der Waals surface area contributed by atoms with Crippen molar-refractivity contribution in [2.24, 2.45) is 16.5 Å². The van der Waals surface area contributed by atoms with Gasteiger partial charge in [0.15, 0.2) is 5.96 Å². The number of hydrogen-bond acceptors (Lipinski definition) is 1. The van der Waals surface area contributed by atoms with Crippen molar-refractivity contribution >= 4 is 18.4 Å². The van der Waals surface area contributed by atoms with Crippen molar-refractivity contribution in [3.05, 3.63) is 35.4 Å². The minimum absolute atomic E-state index is 0. The lowest BCUT2D eigenvalue weighted by Gasteiger charge is -1.90. The molecular formula is C11H20ClN3. The van der Waals surface area contributed by atoms with E-state index in [9.17, 15) is 0 Å². The van der Waals surface area contributed by atoms with Crippen LogP contribution in [0.25, 0.3) is 0 Å². The zero-order valence-electron chi connectivity index (χ0n) is 9.53. The number of rotatable bonds is 1. The first kappa shape index (κ1) is 16.2. The van der Waals surface area contributed by atoms with Gasteiger partial charge in [0.25, 0.3) is 0 Å². The van der Waals surface area contributed by atoms with Crippen LogP contribution < -0.4 is 11.5 Å². The number of halogens is 1. The van der Waals surface area contributed by atoms with Crippen molar-refractivity contribution in [1.82, 2.24) is 0 Å². The highest BCUT2D eigenvalue weighted by Gasteiger charge is 1.80. The van der Waals surface area contributed by atoms with Gasteiger partial charge in [-0.25, -0.2) is 0 Å². The molecule has 0 amide bonds. The molecule has 0 aromatic heterocycles. The summed E-state index contributed by atoms with van der Waals surface area (Å²) in [5.41, 5.74) is 12.5. The Bertz CT molecular complexity index is 276. The first-order valence-corrected chi connectivity index (χ1v) is 4.65. The number of nitrogens with zero attached hydrogens (tertiary/aromatic N) is 1. The fourth-order valence-electron chi connectivity index (χ4n) is 0.990. The van der Waals surface area contributed by atoms with Crippen molar-refractivity contribution in [3.8, 4) is 0 Å². The minimum atomic E-state index is 0. The van der Waals surface area contributed by atoms with Gasteiger partial charge >= 0.3 is 0 Å². The molecule has 15 heavy (non-hydrogen) atoms. The highest BCUT2D eigenvalue weighted by molar-refractivity contribution is 5.85. The van der Waals surface area contributed by atoms with Gasteiger partial charge in [-0.2, -0.15) is 0 Å². The van der Waals surface area contributed by atoms with Crippen LogP contribution in [0.15, 0.2) is 29.3 Å². The minimum Gasteiger partial charge on any atom is -0.370 e. The Hall–Kier alpha value is -1.22. The lowest BCUT2D eigenvalue weighted by Crippen LogP contribution is -2.22. The number of nitrogens with two attached hydrogens (primary N) is 2. The monoisotopic (exact) mass is 229 g/mol. The van der Waals surface area contributed by atoms with E-state index in [0.29, 0.717) is 6.54 Å². The maximum Gasteiger partial charge on any atom is 0.185 e. The van der Waals surface area contributed by atoms with Crippen LogP contribution in [-0.2, 0) is 0 Å². The Morgan fingerprint density at radius 2 is 1.67 bits per heavy atom. The number of benzene rings is 1. The molecule has 0 bridgehead atoms. The Labute approximate surface area is 98.0 Å². The third-order valence-corrected chi connectivity index (χ3v) is 1.51. The van der Waals surface area contributed by atoms with Crippen LogP contribution in [0.4, 0.5) is 0 Å². The van der Waals surface area contributed by atoms with Crippen LogP contribution in [-0.4, -0.2) is 12.5 Å². The molecule has 0 spiro atoms. The van der Waals surface area contributed by atoms with Crippen molar-refractivity contribution in [1.29, 1.82) is 0 Å². The molecule has 86 valence electrons. The quantitative estimate of drug-likeness (QED) is 0.572. The predicted molar refractivity (Wildman–Crippen MR) is 69.5 cm³/mol. The molecule has 0 unspecified atom stereocenters. The van der Waals surface area contributed by atoms with Crippen LogP contribution >= 0.6 is 12.4 Å². The van der Waals surface area contributed by atoms with E-state index in [1.54, 1.807) is 0 Å². The predicted octanol–water partition coefficient (Wildman–Crippen LogP) is 2.00. The topological polar surface area (TPSA) is 64.4 Å². The third kappa shape index (κ3) is 10.7. The van der Waals surface area contributed by atoms with E-state index in [0.717, 1.165) is 0 Å². The van der Waals surface area contributed by atoms with E-state index in [4.69, 9.17) is 11.5 Å². The highest BCUT2D eigenvalue weighted by Crippen LogP contribution is 2.00. The van der Waals surface area contributed by atoms with Crippen molar-refractivity contribution in [2.75, 3.05) is 6.54 Å². The summed E-state index contributed by atoms with van der Waals surface area (Å²) in [5, 5.41) is 0. The second-order valence-electron chi connectivity index (χ2n) is 3.06. The molecule has 0 saturated carbocycles. The summed E-state index contributed by atoms with van der Waals surface area (Å²) in [6.45, 7) is 6.75. The molecule has 4 heteroatoms. The van der Waals surface area contributed by atoms with Crippen LogP contribution in [0.2, 0.25) is 0 Å². The average Bonchev–Trinajstić information content (AvgIpc) is 2.03. The smallest absolute Gasteiger partial charge is 0.185 e. The first-order chi connectivity index (χ1) is 6.56. The molecule has 0 heterocycles. The summed E-state index contributed by atoms with van der Waals surface area (Å²) >= 11 is 0. The summed E-state index contributed by atoms with van der Waals surface area (Å²) in [6.07, 6.45) is 0. The molecule has 0 aliphatic carbocycles. The second kappa shape index (κ2) is 9.34. The van der Waals surface area contributed by atoms with Gasteiger partial charge in [0.1, 0.15) is 0 Å². The molecule has 0 aliphatic rings. The molecule has 0 fully saturated rings. The van der Waals surface area contributed by atoms with Gasteiger partial charge < -0.3 is 11.5 Å². The molecule has 1 rings (SSSR count). The van der Waals surface area contributed by atoms with Gasteiger partial charge in [0.2, 0.25) is 0 Å². The van der Waals surface area contributed by atoms with E-state index in [-0.39, 0.29) is 18.4 Å². The highest BCUT2D eigenvalue weighted by atomic mass is 35.5. The molecule has 3 nitrogen and oxygen atoms in total. The van der Waals surface area contributed by atoms with Gasteiger partial charge in [-0.3, -0.25) is 4.99 Å². The maximum atomic E-state index is 4.93. The molecule has 1 aromatic rings. The van der Waals surface area contributed by atoms with E-state index in [1.807, 2.05) is 6.92 Å². The zero-order chi connectivity index (χ0) is 11.0. The second-order valence-corrected chi connectivity index (χ2v) is 3.06. The Kier molecular flexibility index (Phi) is 10.1. The number of guanidine groups is 1. The van der Waals surface area contributed by atoms with Crippen molar-refractivity contribution in [3.63, 3.8) is 0 Å². The summed E-state index contributed by atoms with van der Waals surface area (Å²) in [4.78, 5) is 3.60. The summed E-state index contributed by atoms with van der Waals surface area (Å²) < 4.78 is 0. The SMILES string of the molecule is CCN=C(N)N.Cc1cccc(C)c1.Cl. The Morgan fingerprint density at radius 3 is 1.80 bits per heavy atom. The number of aliphatic imine (C=N–C) groups is 1. The fourth-order valence-corrected chi connectivity index (χ4v) is 0.990. The standard InChI is InChI=1S/C8H10.C3H9N3.ClH/c1-7-4-3-5-8(2)6-7;1-2-6-3(4)5;/h3-6H,1-2H3;2H2,1H3,(H4,4,5,6);1H. The lowest BCUT2D eigenvalue weighted by atomic mass is 10.2. The van der Waals surface area contributed by atoms with Crippen LogP contribution in [0, 0.1) is 13.8 Å². The van der Waals surface area contributed by atoms with E-state index < -0.39 is 0 Å². The molecule has 1 aromatic carbocycles. The molecular weight excluding hydrogens is 210 g/mol. The van der Waals surface area contributed by atoms with Gasteiger partial charge in [-0.05, 0) is 20.8 Å².